The summed E-state index contributed by atoms with van der Waals surface area (Å²) in [6.07, 6.45) is 3.16. The molecule has 0 saturated heterocycles. The number of rotatable bonds is 6. The largest absolute Gasteiger partial charge is 0.357 e. The Kier molecular flexibility index (Phi) is 8.27. The van der Waals surface area contributed by atoms with Gasteiger partial charge in [-0.2, -0.15) is 5.10 Å². The van der Waals surface area contributed by atoms with E-state index in [2.05, 4.69) is 71.8 Å². The van der Waals surface area contributed by atoms with Crippen LogP contribution in [0.2, 0.25) is 0 Å². The van der Waals surface area contributed by atoms with Crippen LogP contribution in [0.5, 0.6) is 0 Å². The van der Waals surface area contributed by atoms with E-state index in [1.54, 1.807) is 0 Å². The maximum atomic E-state index is 4.89. The van der Waals surface area contributed by atoms with Crippen molar-refractivity contribution in [3.8, 4) is 0 Å². The summed E-state index contributed by atoms with van der Waals surface area (Å²) in [5.74, 6) is 2.72. The van der Waals surface area contributed by atoms with Crippen LogP contribution in [0, 0.1) is 12.3 Å². The highest BCUT2D eigenvalue weighted by Crippen LogP contribution is 2.24. The Bertz CT molecular complexity index is 768. The van der Waals surface area contributed by atoms with Crippen LogP contribution in [-0.2, 0) is 13.0 Å². The molecule has 7 heteroatoms. The van der Waals surface area contributed by atoms with E-state index in [9.17, 15) is 0 Å². The highest BCUT2D eigenvalue weighted by atomic mass is 127. The average molecular weight is 496 g/mol. The predicted octanol–water partition coefficient (Wildman–Crippen LogP) is 3.86. The van der Waals surface area contributed by atoms with Gasteiger partial charge in [-0.05, 0) is 44.1 Å². The molecule has 0 amide bonds. The number of nitrogens with zero attached hydrogens (tertiary/aromatic N) is 4. The first-order valence-electron chi connectivity index (χ1n) is 9.97. The minimum absolute atomic E-state index is 0. The zero-order chi connectivity index (χ0) is 19.3. The molecule has 0 radical (unpaired) electrons. The summed E-state index contributed by atoms with van der Waals surface area (Å²) in [7, 11) is 0. The number of halogens is 1. The molecule has 0 bridgehead atoms. The summed E-state index contributed by atoms with van der Waals surface area (Å²) >= 11 is 0. The standard InChI is InChI=1S/C21H32N6.HI/c1-5-22-20(23-15-21(3,4)14-17-10-7-6-8-11-17)25-18-12-9-13-27-19(18)24-16(2)26-27;/h6-8,10-11,18H,5,9,12-15H2,1-4H3,(H2,22,23,25);1H. The van der Waals surface area contributed by atoms with Crippen LogP contribution in [0.3, 0.4) is 0 Å². The third-order valence-electron chi connectivity index (χ3n) is 4.83. The highest BCUT2D eigenvalue weighted by molar-refractivity contribution is 14.0. The second-order valence-electron chi connectivity index (χ2n) is 8.10. The number of aliphatic imine (C=N–C) groups is 1. The van der Waals surface area contributed by atoms with Crippen LogP contribution in [0.4, 0.5) is 0 Å². The van der Waals surface area contributed by atoms with Crippen LogP contribution >= 0.6 is 24.0 Å². The Morgan fingerprint density at radius 3 is 2.75 bits per heavy atom. The van der Waals surface area contributed by atoms with E-state index in [0.29, 0.717) is 0 Å². The van der Waals surface area contributed by atoms with Crippen molar-refractivity contribution in [1.82, 2.24) is 25.4 Å². The SMILES string of the molecule is CCNC(=NCC(C)(C)Cc1ccccc1)NC1CCCn2nc(C)nc21.I. The molecule has 1 aromatic heterocycles. The number of guanidine groups is 1. The quantitative estimate of drug-likeness (QED) is 0.362. The zero-order valence-corrected chi connectivity index (χ0v) is 19.7. The molecule has 154 valence electrons. The van der Waals surface area contributed by atoms with E-state index in [1.807, 2.05) is 11.6 Å². The first-order chi connectivity index (χ1) is 13.0. The lowest BCUT2D eigenvalue weighted by molar-refractivity contribution is 0.373. The van der Waals surface area contributed by atoms with Crippen molar-refractivity contribution in [3.05, 3.63) is 47.5 Å². The molecule has 1 aliphatic heterocycles. The zero-order valence-electron chi connectivity index (χ0n) is 17.4. The van der Waals surface area contributed by atoms with Crippen molar-refractivity contribution in [3.63, 3.8) is 0 Å². The van der Waals surface area contributed by atoms with Crippen LogP contribution in [0.15, 0.2) is 35.3 Å². The Hall–Kier alpha value is -1.64. The summed E-state index contributed by atoms with van der Waals surface area (Å²) in [5.41, 5.74) is 1.44. The van der Waals surface area contributed by atoms with Gasteiger partial charge >= 0.3 is 0 Å². The lowest BCUT2D eigenvalue weighted by Gasteiger charge is -2.27. The maximum absolute atomic E-state index is 4.89. The number of hydrogen-bond donors (Lipinski definition) is 2. The molecule has 0 aliphatic carbocycles. The maximum Gasteiger partial charge on any atom is 0.191 e. The van der Waals surface area contributed by atoms with Crippen molar-refractivity contribution in [2.24, 2.45) is 10.4 Å². The number of hydrogen-bond acceptors (Lipinski definition) is 3. The van der Waals surface area contributed by atoms with E-state index < -0.39 is 0 Å². The van der Waals surface area contributed by atoms with E-state index in [4.69, 9.17) is 4.99 Å². The molecule has 1 unspecified atom stereocenters. The molecule has 0 fully saturated rings. The Morgan fingerprint density at radius 1 is 1.29 bits per heavy atom. The van der Waals surface area contributed by atoms with E-state index in [0.717, 1.165) is 56.5 Å². The summed E-state index contributed by atoms with van der Waals surface area (Å²) in [4.78, 5) is 9.51. The molecule has 28 heavy (non-hydrogen) atoms. The monoisotopic (exact) mass is 496 g/mol. The van der Waals surface area contributed by atoms with Gasteiger partial charge in [0.25, 0.3) is 0 Å². The molecule has 0 spiro atoms. The topological polar surface area (TPSA) is 67.1 Å². The van der Waals surface area contributed by atoms with Crippen molar-refractivity contribution in [2.75, 3.05) is 13.1 Å². The Labute approximate surface area is 185 Å². The molecule has 2 heterocycles. The van der Waals surface area contributed by atoms with Crippen molar-refractivity contribution < 1.29 is 0 Å². The fourth-order valence-electron chi connectivity index (χ4n) is 3.59. The molecular weight excluding hydrogens is 463 g/mol. The van der Waals surface area contributed by atoms with Gasteiger partial charge in [0.05, 0.1) is 6.04 Å². The van der Waals surface area contributed by atoms with Gasteiger partial charge in [0.2, 0.25) is 0 Å². The first kappa shape index (κ1) is 22.6. The average Bonchev–Trinajstić information content (AvgIpc) is 3.02. The van der Waals surface area contributed by atoms with Crippen LogP contribution in [0.25, 0.3) is 0 Å². The Balaban J connectivity index is 0.00000280. The van der Waals surface area contributed by atoms with Crippen LogP contribution in [0.1, 0.15) is 56.9 Å². The van der Waals surface area contributed by atoms with Gasteiger partial charge in [-0.25, -0.2) is 9.67 Å². The highest BCUT2D eigenvalue weighted by Gasteiger charge is 2.25. The number of nitrogens with one attached hydrogen (secondary N) is 2. The summed E-state index contributed by atoms with van der Waals surface area (Å²) < 4.78 is 2.03. The van der Waals surface area contributed by atoms with Gasteiger partial charge in [0.15, 0.2) is 5.96 Å². The molecule has 0 saturated carbocycles. The summed E-state index contributed by atoms with van der Waals surface area (Å²) in [5, 5.41) is 11.5. The minimum atomic E-state index is 0. The second-order valence-corrected chi connectivity index (χ2v) is 8.10. The van der Waals surface area contributed by atoms with Gasteiger partial charge in [-0.15, -0.1) is 24.0 Å². The summed E-state index contributed by atoms with van der Waals surface area (Å²) in [6.45, 7) is 11.1. The smallest absolute Gasteiger partial charge is 0.191 e. The number of aryl methyl sites for hydroxylation is 2. The number of fused-ring (bicyclic) bond motifs is 1. The fraction of sp³-hybridized carbons (Fsp3) is 0.571. The molecule has 6 nitrogen and oxygen atoms in total. The fourth-order valence-corrected chi connectivity index (χ4v) is 3.59. The molecule has 1 aliphatic rings. The molecule has 1 atom stereocenters. The molecule has 3 rings (SSSR count). The second kappa shape index (κ2) is 10.2. The molecule has 2 N–H and O–H groups in total. The first-order valence-corrected chi connectivity index (χ1v) is 9.97. The van der Waals surface area contributed by atoms with E-state index in [1.165, 1.54) is 5.56 Å². The van der Waals surface area contributed by atoms with Crippen molar-refractivity contribution in [1.29, 1.82) is 0 Å². The van der Waals surface area contributed by atoms with Gasteiger partial charge in [-0.3, -0.25) is 4.99 Å². The lowest BCUT2D eigenvalue weighted by Crippen LogP contribution is -2.42. The van der Waals surface area contributed by atoms with Crippen LogP contribution < -0.4 is 10.6 Å². The third kappa shape index (κ3) is 6.18. The van der Waals surface area contributed by atoms with Gasteiger partial charge in [0.1, 0.15) is 11.6 Å². The van der Waals surface area contributed by atoms with Gasteiger partial charge in [0, 0.05) is 19.6 Å². The number of aromatic nitrogens is 3. The Morgan fingerprint density at radius 2 is 2.04 bits per heavy atom. The normalized spacial score (nSPS) is 16.9. The summed E-state index contributed by atoms with van der Waals surface area (Å²) in [6, 6.07) is 10.8. The minimum Gasteiger partial charge on any atom is -0.357 e. The predicted molar refractivity (Wildman–Crippen MR) is 125 cm³/mol. The van der Waals surface area contributed by atoms with Crippen molar-refractivity contribution in [2.45, 2.75) is 59.5 Å². The van der Waals surface area contributed by atoms with Crippen LogP contribution in [-0.4, -0.2) is 33.8 Å². The van der Waals surface area contributed by atoms with E-state index >= 15 is 0 Å². The van der Waals surface area contributed by atoms with Crippen molar-refractivity contribution >= 4 is 29.9 Å². The number of benzene rings is 1. The molecular formula is C21H33IN6. The molecule has 1 aromatic carbocycles. The van der Waals surface area contributed by atoms with E-state index in [-0.39, 0.29) is 35.4 Å². The van der Waals surface area contributed by atoms with Gasteiger partial charge in [-0.1, -0.05) is 44.2 Å². The third-order valence-corrected chi connectivity index (χ3v) is 4.83. The lowest BCUT2D eigenvalue weighted by atomic mass is 9.86. The molecule has 2 aromatic rings. The van der Waals surface area contributed by atoms with Gasteiger partial charge < -0.3 is 10.6 Å².